The van der Waals surface area contributed by atoms with Gasteiger partial charge in [-0.2, -0.15) is 4.31 Å². The molecule has 0 unspecified atom stereocenters. The van der Waals surface area contributed by atoms with Gasteiger partial charge < -0.3 is 20.5 Å². The smallest absolute Gasteiger partial charge is 0.387 e. The van der Waals surface area contributed by atoms with E-state index in [-0.39, 0.29) is 16.6 Å². The van der Waals surface area contributed by atoms with Gasteiger partial charge in [0.15, 0.2) is 5.82 Å². The van der Waals surface area contributed by atoms with E-state index in [2.05, 4.69) is 20.2 Å². The van der Waals surface area contributed by atoms with Crippen LogP contribution in [0.1, 0.15) is 12.8 Å². The number of anilines is 1. The summed E-state index contributed by atoms with van der Waals surface area (Å²) in [6.07, 6.45) is 2.53. The third-order valence-electron chi connectivity index (χ3n) is 5.61. The summed E-state index contributed by atoms with van der Waals surface area (Å²) in [4.78, 5) is 22.9. The van der Waals surface area contributed by atoms with Gasteiger partial charge in [0.05, 0.1) is 30.0 Å². The van der Waals surface area contributed by atoms with Crippen LogP contribution in [0.3, 0.4) is 0 Å². The molecule has 1 aromatic carbocycles. The van der Waals surface area contributed by atoms with Gasteiger partial charge >= 0.3 is 6.09 Å². The first-order valence-corrected chi connectivity index (χ1v) is 12.4. The van der Waals surface area contributed by atoms with Crippen molar-refractivity contribution in [1.82, 2.24) is 24.5 Å². The fourth-order valence-corrected chi connectivity index (χ4v) is 5.25. The Morgan fingerprint density at radius 2 is 1.82 bits per heavy atom. The van der Waals surface area contributed by atoms with Crippen molar-refractivity contribution in [2.45, 2.75) is 17.7 Å². The molecule has 2 aromatic rings. The van der Waals surface area contributed by atoms with Gasteiger partial charge in [0, 0.05) is 44.8 Å². The Labute approximate surface area is 192 Å². The molecule has 2 fully saturated rings. The lowest BCUT2D eigenvalue weighted by Gasteiger charge is -2.26. The lowest BCUT2D eigenvalue weighted by atomic mass is 10.2. The fraction of sp³-hybridized carbons (Fsp3) is 0.476. The molecule has 12 heteroatoms. The minimum atomic E-state index is -3.50. The standard InChI is InChI=1S/C21H28N6O5S/c22-19-20(32-21(28)23-7-10-26-11-13-31-14-12-26)25-18(15-24-19)16-3-5-17(6-4-16)33(29,30)27-8-1-2-9-27/h3-6,15H,1-2,7-14H2,(H2,22,24)(H,23,28). The molecule has 2 aliphatic rings. The molecule has 3 heterocycles. The molecular formula is C21H28N6O5S. The van der Waals surface area contributed by atoms with Crippen molar-refractivity contribution in [3.63, 3.8) is 0 Å². The minimum Gasteiger partial charge on any atom is -0.387 e. The van der Waals surface area contributed by atoms with Gasteiger partial charge in [-0.05, 0) is 25.0 Å². The summed E-state index contributed by atoms with van der Waals surface area (Å²) in [5, 5.41) is 2.68. The molecule has 33 heavy (non-hydrogen) atoms. The molecule has 1 aromatic heterocycles. The van der Waals surface area contributed by atoms with Crippen LogP contribution in [0.15, 0.2) is 35.4 Å². The minimum absolute atomic E-state index is 0.0182. The van der Waals surface area contributed by atoms with Gasteiger partial charge in [-0.15, -0.1) is 0 Å². The predicted molar refractivity (Wildman–Crippen MR) is 121 cm³/mol. The van der Waals surface area contributed by atoms with Gasteiger partial charge in [-0.1, -0.05) is 12.1 Å². The van der Waals surface area contributed by atoms with E-state index in [9.17, 15) is 13.2 Å². The van der Waals surface area contributed by atoms with Crippen LogP contribution >= 0.6 is 0 Å². The summed E-state index contributed by atoms with van der Waals surface area (Å²) >= 11 is 0. The van der Waals surface area contributed by atoms with E-state index in [1.807, 2.05) is 0 Å². The Morgan fingerprint density at radius 1 is 1.12 bits per heavy atom. The van der Waals surface area contributed by atoms with E-state index in [1.165, 1.54) is 10.5 Å². The number of nitrogens with zero attached hydrogens (tertiary/aromatic N) is 4. The number of morpholine rings is 1. The van der Waals surface area contributed by atoms with Crippen LogP contribution in [0, 0.1) is 0 Å². The number of rotatable bonds is 7. The van der Waals surface area contributed by atoms with Crippen LogP contribution in [-0.2, 0) is 14.8 Å². The van der Waals surface area contributed by atoms with Crippen molar-refractivity contribution in [1.29, 1.82) is 0 Å². The number of nitrogen functional groups attached to an aromatic ring is 1. The average molecular weight is 477 g/mol. The van der Waals surface area contributed by atoms with Crippen LogP contribution in [0.2, 0.25) is 0 Å². The van der Waals surface area contributed by atoms with Crippen molar-refractivity contribution in [2.75, 3.05) is 58.2 Å². The molecule has 1 amide bonds. The third kappa shape index (κ3) is 5.77. The monoisotopic (exact) mass is 476 g/mol. The zero-order valence-electron chi connectivity index (χ0n) is 18.3. The second kappa shape index (κ2) is 10.4. The van der Waals surface area contributed by atoms with E-state index in [0.717, 1.165) is 25.9 Å². The maximum atomic E-state index is 12.7. The molecule has 4 rings (SSSR count). The lowest BCUT2D eigenvalue weighted by Crippen LogP contribution is -2.41. The maximum absolute atomic E-state index is 12.7. The SMILES string of the molecule is Nc1ncc(-c2ccc(S(=O)(=O)N3CCCC3)cc2)nc1OC(=O)NCCN1CCOCC1. The predicted octanol–water partition coefficient (Wildman–Crippen LogP) is 0.931. The molecule has 178 valence electrons. The highest BCUT2D eigenvalue weighted by Crippen LogP contribution is 2.26. The molecule has 2 aliphatic heterocycles. The van der Waals surface area contributed by atoms with Gasteiger partial charge in [0.1, 0.15) is 0 Å². The van der Waals surface area contributed by atoms with Crippen molar-refractivity contribution in [2.24, 2.45) is 0 Å². The molecule has 2 saturated heterocycles. The quantitative estimate of drug-likeness (QED) is 0.597. The van der Waals surface area contributed by atoms with E-state index in [0.29, 0.717) is 50.7 Å². The summed E-state index contributed by atoms with van der Waals surface area (Å²) in [5.74, 6) is -0.125. The first kappa shape index (κ1) is 23.4. The van der Waals surface area contributed by atoms with Crippen molar-refractivity contribution >= 4 is 21.9 Å². The molecule has 0 spiro atoms. The Hall–Kier alpha value is -2.80. The Morgan fingerprint density at radius 3 is 2.52 bits per heavy atom. The number of benzene rings is 1. The summed E-state index contributed by atoms with van der Waals surface area (Å²) in [5.41, 5.74) is 6.86. The van der Waals surface area contributed by atoms with Crippen molar-refractivity contribution in [3.8, 4) is 17.1 Å². The lowest BCUT2D eigenvalue weighted by molar-refractivity contribution is 0.0385. The van der Waals surface area contributed by atoms with Gasteiger partial charge in [0.2, 0.25) is 10.0 Å². The number of aromatic nitrogens is 2. The highest BCUT2D eigenvalue weighted by Gasteiger charge is 2.27. The molecule has 3 N–H and O–H groups in total. The summed E-state index contributed by atoms with van der Waals surface area (Å²) in [7, 11) is -3.50. The second-order valence-corrected chi connectivity index (χ2v) is 9.79. The molecule has 0 saturated carbocycles. The van der Waals surface area contributed by atoms with E-state index >= 15 is 0 Å². The zero-order chi connectivity index (χ0) is 23.3. The number of nitrogens with one attached hydrogen (secondary N) is 1. The summed E-state index contributed by atoms with van der Waals surface area (Å²) < 4.78 is 37.4. The Balaban J connectivity index is 1.38. The molecule has 0 atom stereocenters. The second-order valence-electron chi connectivity index (χ2n) is 7.85. The highest BCUT2D eigenvalue weighted by atomic mass is 32.2. The molecule has 11 nitrogen and oxygen atoms in total. The number of carbonyl (C=O) groups is 1. The van der Waals surface area contributed by atoms with Crippen LogP contribution in [0.25, 0.3) is 11.3 Å². The highest BCUT2D eigenvalue weighted by molar-refractivity contribution is 7.89. The molecule has 0 bridgehead atoms. The van der Waals surface area contributed by atoms with Gasteiger partial charge in [0.25, 0.3) is 5.88 Å². The molecular weight excluding hydrogens is 448 g/mol. The van der Waals surface area contributed by atoms with Gasteiger partial charge in [-0.3, -0.25) is 4.90 Å². The Bertz CT molecular complexity index is 1070. The van der Waals surface area contributed by atoms with Crippen molar-refractivity contribution in [3.05, 3.63) is 30.5 Å². The third-order valence-corrected chi connectivity index (χ3v) is 7.52. The van der Waals surface area contributed by atoms with E-state index < -0.39 is 16.1 Å². The van der Waals surface area contributed by atoms with Crippen LogP contribution < -0.4 is 15.8 Å². The zero-order valence-corrected chi connectivity index (χ0v) is 19.1. The summed E-state index contributed by atoms with van der Waals surface area (Å²) in [6.45, 7) is 5.23. The van der Waals surface area contributed by atoms with E-state index in [1.54, 1.807) is 24.3 Å². The number of sulfonamides is 1. The maximum Gasteiger partial charge on any atom is 0.414 e. The van der Waals surface area contributed by atoms with Gasteiger partial charge in [-0.25, -0.2) is 23.2 Å². The molecule has 0 radical (unpaired) electrons. The number of hydrogen-bond donors (Lipinski definition) is 2. The van der Waals surface area contributed by atoms with Crippen molar-refractivity contribution < 1.29 is 22.7 Å². The number of hydrogen-bond acceptors (Lipinski definition) is 9. The largest absolute Gasteiger partial charge is 0.414 e. The van der Waals surface area contributed by atoms with Crippen LogP contribution in [0.4, 0.5) is 10.6 Å². The van der Waals surface area contributed by atoms with Crippen LogP contribution in [0.5, 0.6) is 5.88 Å². The average Bonchev–Trinajstić information content (AvgIpc) is 3.37. The first-order chi connectivity index (χ1) is 15.9. The fourth-order valence-electron chi connectivity index (χ4n) is 3.74. The first-order valence-electron chi connectivity index (χ1n) is 10.9. The van der Waals surface area contributed by atoms with Crippen LogP contribution in [-0.4, -0.2) is 86.2 Å². The normalized spacial score (nSPS) is 17.7. The Kier molecular flexibility index (Phi) is 7.38. The summed E-state index contributed by atoms with van der Waals surface area (Å²) in [6, 6.07) is 6.38. The number of carbonyl (C=O) groups excluding carboxylic acids is 1. The topological polar surface area (TPSA) is 140 Å². The van der Waals surface area contributed by atoms with E-state index in [4.69, 9.17) is 15.2 Å². The number of ether oxygens (including phenoxy) is 2. The number of nitrogens with two attached hydrogens (primary N) is 1. The number of amides is 1. The molecule has 0 aliphatic carbocycles.